The van der Waals surface area contributed by atoms with Crippen LogP contribution in [0.25, 0.3) is 0 Å². The SMILES string of the molecule is C[C@@H]1N=C(C(=O)NCc2ccccc2CN2CCCC2=O)NN(c2ccccc2)C1=O. The highest BCUT2D eigenvalue weighted by molar-refractivity contribution is 6.39. The van der Waals surface area contributed by atoms with Gasteiger partial charge < -0.3 is 10.2 Å². The lowest BCUT2D eigenvalue weighted by atomic mass is 10.1. The van der Waals surface area contributed by atoms with Gasteiger partial charge in [0.05, 0.1) is 5.69 Å². The molecule has 0 aliphatic carbocycles. The van der Waals surface area contributed by atoms with Crippen LogP contribution in [0.1, 0.15) is 30.9 Å². The number of benzene rings is 2. The van der Waals surface area contributed by atoms with Gasteiger partial charge in [0.25, 0.3) is 11.8 Å². The number of hydrogen-bond donors (Lipinski definition) is 2. The maximum Gasteiger partial charge on any atom is 0.288 e. The fourth-order valence-corrected chi connectivity index (χ4v) is 3.72. The van der Waals surface area contributed by atoms with Crippen LogP contribution in [0.3, 0.4) is 0 Å². The van der Waals surface area contributed by atoms with Crippen LogP contribution < -0.4 is 15.8 Å². The molecule has 8 nitrogen and oxygen atoms in total. The van der Waals surface area contributed by atoms with Gasteiger partial charge in [-0.05, 0) is 36.6 Å². The molecule has 160 valence electrons. The predicted molar refractivity (Wildman–Crippen MR) is 117 cm³/mol. The molecule has 2 heterocycles. The lowest BCUT2D eigenvalue weighted by molar-refractivity contribution is -0.128. The summed E-state index contributed by atoms with van der Waals surface area (Å²) >= 11 is 0. The number of anilines is 1. The molecule has 2 aliphatic heterocycles. The van der Waals surface area contributed by atoms with E-state index >= 15 is 0 Å². The number of nitrogens with one attached hydrogen (secondary N) is 2. The third-order valence-electron chi connectivity index (χ3n) is 5.44. The van der Waals surface area contributed by atoms with Gasteiger partial charge in [-0.25, -0.2) is 10.0 Å². The highest BCUT2D eigenvalue weighted by atomic mass is 16.2. The Morgan fingerprint density at radius 2 is 1.81 bits per heavy atom. The number of amidine groups is 1. The van der Waals surface area contributed by atoms with E-state index in [0.717, 1.165) is 24.1 Å². The smallest absolute Gasteiger partial charge is 0.288 e. The van der Waals surface area contributed by atoms with Crippen molar-refractivity contribution in [3.63, 3.8) is 0 Å². The van der Waals surface area contributed by atoms with Gasteiger partial charge in [0.15, 0.2) is 0 Å². The minimum Gasteiger partial charge on any atom is -0.345 e. The highest BCUT2D eigenvalue weighted by Crippen LogP contribution is 2.18. The maximum absolute atomic E-state index is 12.8. The van der Waals surface area contributed by atoms with Crippen molar-refractivity contribution in [1.29, 1.82) is 0 Å². The number of aliphatic imine (C=N–C) groups is 1. The van der Waals surface area contributed by atoms with E-state index in [-0.39, 0.29) is 17.6 Å². The second-order valence-corrected chi connectivity index (χ2v) is 7.64. The van der Waals surface area contributed by atoms with Crippen LogP contribution in [0.5, 0.6) is 0 Å². The molecule has 8 heteroatoms. The number of carbonyl (C=O) groups is 3. The standard InChI is InChI=1S/C23H25N5O3/c1-16-23(31)28(19-10-3-2-4-11-19)26-21(25-16)22(30)24-14-17-8-5-6-9-18(17)15-27-13-7-12-20(27)29/h2-6,8-11,16H,7,12-15H2,1H3,(H,24,30)(H,25,26)/t16-/m0/s1. The van der Waals surface area contributed by atoms with E-state index < -0.39 is 11.9 Å². The summed E-state index contributed by atoms with van der Waals surface area (Å²) in [7, 11) is 0. The highest BCUT2D eigenvalue weighted by Gasteiger charge is 2.30. The number of nitrogens with zero attached hydrogens (tertiary/aromatic N) is 3. The Hall–Kier alpha value is -3.68. The molecule has 3 amide bonds. The summed E-state index contributed by atoms with van der Waals surface area (Å²) in [4.78, 5) is 43.3. The Morgan fingerprint density at radius 3 is 2.52 bits per heavy atom. The molecule has 2 aliphatic rings. The second kappa shape index (κ2) is 8.99. The molecular formula is C23H25N5O3. The summed E-state index contributed by atoms with van der Waals surface area (Å²) in [6.07, 6.45) is 1.48. The van der Waals surface area contributed by atoms with Crippen LogP contribution in [0.4, 0.5) is 5.69 Å². The van der Waals surface area contributed by atoms with Gasteiger partial charge in [0.1, 0.15) is 6.04 Å². The summed E-state index contributed by atoms with van der Waals surface area (Å²) < 4.78 is 0. The first-order chi connectivity index (χ1) is 15.0. The van der Waals surface area contributed by atoms with Crippen molar-refractivity contribution >= 4 is 29.2 Å². The van der Waals surface area contributed by atoms with E-state index in [1.54, 1.807) is 19.1 Å². The summed E-state index contributed by atoms with van der Waals surface area (Å²) in [6.45, 7) is 3.26. The summed E-state index contributed by atoms with van der Waals surface area (Å²) in [5.74, 6) is -0.377. The number of hydrogen-bond acceptors (Lipinski definition) is 5. The Labute approximate surface area is 180 Å². The first-order valence-corrected chi connectivity index (χ1v) is 10.4. The van der Waals surface area contributed by atoms with Crippen molar-refractivity contribution in [1.82, 2.24) is 15.6 Å². The largest absolute Gasteiger partial charge is 0.345 e. The predicted octanol–water partition coefficient (Wildman–Crippen LogP) is 1.76. The van der Waals surface area contributed by atoms with Crippen LogP contribution in [-0.2, 0) is 27.5 Å². The molecule has 0 unspecified atom stereocenters. The lowest BCUT2D eigenvalue weighted by Gasteiger charge is -2.30. The molecule has 0 radical (unpaired) electrons. The number of carbonyl (C=O) groups excluding carboxylic acids is 3. The molecule has 1 atom stereocenters. The minimum absolute atomic E-state index is 0.0863. The fraction of sp³-hybridized carbons (Fsp3) is 0.304. The number of para-hydroxylation sites is 1. The zero-order chi connectivity index (χ0) is 21.8. The van der Waals surface area contributed by atoms with E-state index in [4.69, 9.17) is 0 Å². The van der Waals surface area contributed by atoms with Crippen molar-refractivity contribution < 1.29 is 14.4 Å². The zero-order valence-electron chi connectivity index (χ0n) is 17.4. The van der Waals surface area contributed by atoms with E-state index in [2.05, 4.69) is 15.7 Å². The third kappa shape index (κ3) is 4.58. The number of rotatable bonds is 6. The van der Waals surface area contributed by atoms with Crippen LogP contribution in [0, 0.1) is 0 Å². The maximum atomic E-state index is 12.8. The first-order valence-electron chi connectivity index (χ1n) is 10.4. The van der Waals surface area contributed by atoms with Crippen LogP contribution in [0.15, 0.2) is 59.6 Å². The molecule has 0 spiro atoms. The molecule has 31 heavy (non-hydrogen) atoms. The first kappa shape index (κ1) is 20.6. The van der Waals surface area contributed by atoms with Gasteiger partial charge in [-0.1, -0.05) is 42.5 Å². The molecule has 4 rings (SSSR count). The average molecular weight is 419 g/mol. The van der Waals surface area contributed by atoms with Crippen LogP contribution >= 0.6 is 0 Å². The minimum atomic E-state index is -0.671. The van der Waals surface area contributed by atoms with E-state index in [1.807, 2.05) is 47.4 Å². The molecule has 0 aromatic heterocycles. The van der Waals surface area contributed by atoms with Gasteiger partial charge in [0, 0.05) is 26.1 Å². The summed E-state index contributed by atoms with van der Waals surface area (Å²) in [6, 6.07) is 16.2. The van der Waals surface area contributed by atoms with Crippen molar-refractivity contribution in [3.05, 3.63) is 65.7 Å². The molecule has 2 N–H and O–H groups in total. The van der Waals surface area contributed by atoms with Crippen LogP contribution in [0.2, 0.25) is 0 Å². The van der Waals surface area contributed by atoms with Crippen molar-refractivity contribution in [3.8, 4) is 0 Å². The van der Waals surface area contributed by atoms with Gasteiger partial charge in [-0.3, -0.25) is 19.8 Å². The molecular weight excluding hydrogens is 394 g/mol. The van der Waals surface area contributed by atoms with Gasteiger partial charge in [-0.2, -0.15) is 0 Å². The van der Waals surface area contributed by atoms with E-state index in [9.17, 15) is 14.4 Å². The van der Waals surface area contributed by atoms with Crippen molar-refractivity contribution in [2.24, 2.45) is 4.99 Å². The molecule has 1 fully saturated rings. The number of hydrazine groups is 1. The van der Waals surface area contributed by atoms with Crippen LogP contribution in [-0.4, -0.2) is 41.0 Å². The average Bonchev–Trinajstić information content (AvgIpc) is 3.19. The molecule has 2 aromatic carbocycles. The molecule has 0 bridgehead atoms. The number of amides is 3. The molecule has 2 aromatic rings. The quantitative estimate of drug-likeness (QED) is 0.746. The monoisotopic (exact) mass is 419 g/mol. The Kier molecular flexibility index (Phi) is 5.97. The fourth-order valence-electron chi connectivity index (χ4n) is 3.72. The van der Waals surface area contributed by atoms with Gasteiger partial charge in [0.2, 0.25) is 11.7 Å². The van der Waals surface area contributed by atoms with Gasteiger partial charge in [-0.15, -0.1) is 0 Å². The summed E-state index contributed by atoms with van der Waals surface area (Å²) in [5.41, 5.74) is 5.42. The third-order valence-corrected chi connectivity index (χ3v) is 5.44. The Morgan fingerprint density at radius 1 is 1.10 bits per heavy atom. The van der Waals surface area contributed by atoms with Gasteiger partial charge >= 0.3 is 0 Å². The normalized spacial score (nSPS) is 18.6. The van der Waals surface area contributed by atoms with Crippen molar-refractivity contribution in [2.45, 2.75) is 38.9 Å². The van der Waals surface area contributed by atoms with E-state index in [1.165, 1.54) is 5.01 Å². The van der Waals surface area contributed by atoms with E-state index in [0.29, 0.717) is 25.2 Å². The Bertz CT molecular complexity index is 1020. The topological polar surface area (TPSA) is 94.1 Å². The number of likely N-dealkylation sites (tertiary alicyclic amines) is 1. The summed E-state index contributed by atoms with van der Waals surface area (Å²) in [5, 5.41) is 4.23. The molecule has 0 saturated carbocycles. The Balaban J connectivity index is 1.44. The van der Waals surface area contributed by atoms with Crippen molar-refractivity contribution in [2.75, 3.05) is 11.6 Å². The molecule has 1 saturated heterocycles. The zero-order valence-corrected chi connectivity index (χ0v) is 17.4. The lowest BCUT2D eigenvalue weighted by Crippen LogP contribution is -2.57. The second-order valence-electron chi connectivity index (χ2n) is 7.64.